The monoisotopic (exact) mass is 341 g/mol. The second-order valence-electron chi connectivity index (χ2n) is 5.55. The Morgan fingerprint density at radius 2 is 1.90 bits per heavy atom. The molecule has 0 spiro atoms. The van der Waals surface area contributed by atoms with Crippen LogP contribution in [0.1, 0.15) is 58.4 Å². The van der Waals surface area contributed by atoms with Gasteiger partial charge < -0.3 is 10.1 Å². The molecule has 3 heteroatoms. The molecular formula is C17H28BrNO. The molecule has 114 valence electrons. The highest BCUT2D eigenvalue weighted by molar-refractivity contribution is 9.10. The fourth-order valence-corrected chi connectivity index (χ4v) is 2.44. The summed E-state index contributed by atoms with van der Waals surface area (Å²) in [5.74, 6) is 1.01. The Morgan fingerprint density at radius 1 is 1.15 bits per heavy atom. The van der Waals surface area contributed by atoms with E-state index in [4.69, 9.17) is 4.74 Å². The minimum Gasteiger partial charge on any atom is -0.493 e. The third-order valence-corrected chi connectivity index (χ3v) is 3.72. The molecule has 0 aliphatic carbocycles. The van der Waals surface area contributed by atoms with Crippen molar-refractivity contribution in [3.05, 3.63) is 28.2 Å². The van der Waals surface area contributed by atoms with E-state index in [0.717, 1.165) is 29.8 Å². The minimum atomic E-state index is 0.482. The van der Waals surface area contributed by atoms with E-state index in [1.165, 1.54) is 31.2 Å². The predicted molar refractivity (Wildman–Crippen MR) is 90.4 cm³/mol. The molecule has 0 unspecified atom stereocenters. The van der Waals surface area contributed by atoms with E-state index >= 15 is 0 Å². The quantitative estimate of drug-likeness (QED) is 0.583. The molecule has 0 aromatic heterocycles. The van der Waals surface area contributed by atoms with Crippen molar-refractivity contribution in [3.8, 4) is 5.75 Å². The Bertz CT molecular complexity index is 379. The zero-order chi connectivity index (χ0) is 14.8. The van der Waals surface area contributed by atoms with Gasteiger partial charge in [0, 0.05) is 22.6 Å². The first-order valence-electron chi connectivity index (χ1n) is 7.78. The van der Waals surface area contributed by atoms with Crippen LogP contribution in [0.4, 0.5) is 0 Å². The molecule has 1 N–H and O–H groups in total. The van der Waals surface area contributed by atoms with Crippen molar-refractivity contribution < 1.29 is 4.74 Å². The second kappa shape index (κ2) is 10.2. The summed E-state index contributed by atoms with van der Waals surface area (Å²) in [5.41, 5.74) is 1.22. The van der Waals surface area contributed by atoms with Crippen molar-refractivity contribution >= 4 is 15.9 Å². The van der Waals surface area contributed by atoms with Gasteiger partial charge in [0.25, 0.3) is 0 Å². The van der Waals surface area contributed by atoms with Crippen molar-refractivity contribution in [3.63, 3.8) is 0 Å². The molecule has 0 saturated carbocycles. The Hall–Kier alpha value is -0.540. The highest BCUT2D eigenvalue weighted by Gasteiger charge is 2.05. The molecule has 0 atom stereocenters. The lowest BCUT2D eigenvalue weighted by molar-refractivity contribution is 0.300. The number of unbranched alkanes of at least 4 members (excludes halogenated alkanes) is 4. The third kappa shape index (κ3) is 7.30. The third-order valence-electron chi connectivity index (χ3n) is 3.23. The Kier molecular flexibility index (Phi) is 8.95. The van der Waals surface area contributed by atoms with Gasteiger partial charge in [0.2, 0.25) is 0 Å². The molecule has 0 heterocycles. The van der Waals surface area contributed by atoms with Gasteiger partial charge in [0.05, 0.1) is 6.61 Å². The number of nitrogens with one attached hydrogen (secondary N) is 1. The number of halogens is 1. The van der Waals surface area contributed by atoms with Gasteiger partial charge in [-0.05, 0) is 24.6 Å². The van der Waals surface area contributed by atoms with E-state index in [1.807, 2.05) is 6.07 Å². The van der Waals surface area contributed by atoms with E-state index in [1.54, 1.807) is 0 Å². The Morgan fingerprint density at radius 3 is 2.60 bits per heavy atom. The fraction of sp³-hybridized carbons (Fsp3) is 0.647. The van der Waals surface area contributed by atoms with Gasteiger partial charge in [-0.2, -0.15) is 0 Å². The summed E-state index contributed by atoms with van der Waals surface area (Å²) in [6.07, 6.45) is 6.36. The van der Waals surface area contributed by atoms with Crippen molar-refractivity contribution in [1.29, 1.82) is 0 Å². The van der Waals surface area contributed by atoms with Crippen LogP contribution in [0.2, 0.25) is 0 Å². The molecule has 1 aromatic rings. The normalized spacial score (nSPS) is 11.1. The number of hydrogen-bond acceptors (Lipinski definition) is 2. The summed E-state index contributed by atoms with van der Waals surface area (Å²) in [6.45, 7) is 8.23. The molecule has 0 amide bonds. The van der Waals surface area contributed by atoms with Crippen molar-refractivity contribution in [2.24, 2.45) is 0 Å². The standard InChI is InChI=1S/C17H28BrNO/c1-4-5-6-7-8-11-20-17-10-9-16(18)12-15(17)13-19-14(2)3/h9-10,12,14,19H,4-8,11,13H2,1-3H3. The lowest BCUT2D eigenvalue weighted by atomic mass is 10.1. The molecular weight excluding hydrogens is 314 g/mol. The van der Waals surface area contributed by atoms with Crippen LogP contribution < -0.4 is 10.1 Å². The molecule has 0 aliphatic rings. The van der Waals surface area contributed by atoms with E-state index in [0.29, 0.717) is 6.04 Å². The van der Waals surface area contributed by atoms with Crippen molar-refractivity contribution in [1.82, 2.24) is 5.32 Å². The van der Waals surface area contributed by atoms with Crippen molar-refractivity contribution in [2.45, 2.75) is 65.5 Å². The van der Waals surface area contributed by atoms with Crippen molar-refractivity contribution in [2.75, 3.05) is 6.61 Å². The van der Waals surface area contributed by atoms with E-state index in [9.17, 15) is 0 Å². The average molecular weight is 342 g/mol. The summed E-state index contributed by atoms with van der Waals surface area (Å²) in [5, 5.41) is 3.45. The summed E-state index contributed by atoms with van der Waals surface area (Å²) in [6, 6.07) is 6.73. The second-order valence-corrected chi connectivity index (χ2v) is 6.47. The van der Waals surface area contributed by atoms with E-state index < -0.39 is 0 Å². The molecule has 0 aliphatic heterocycles. The Labute approximate surface area is 132 Å². The maximum absolute atomic E-state index is 5.94. The zero-order valence-corrected chi connectivity index (χ0v) is 14.6. The van der Waals surface area contributed by atoms with Crippen LogP contribution in [0.3, 0.4) is 0 Å². The highest BCUT2D eigenvalue weighted by atomic mass is 79.9. The van der Waals surface area contributed by atoms with Gasteiger partial charge in [-0.25, -0.2) is 0 Å². The number of hydrogen-bond donors (Lipinski definition) is 1. The number of ether oxygens (including phenoxy) is 1. The highest BCUT2D eigenvalue weighted by Crippen LogP contribution is 2.23. The smallest absolute Gasteiger partial charge is 0.123 e. The molecule has 0 radical (unpaired) electrons. The number of rotatable bonds is 10. The Balaban J connectivity index is 2.43. The predicted octanol–water partition coefficient (Wildman–Crippen LogP) is 5.30. The van der Waals surface area contributed by atoms with Gasteiger partial charge >= 0.3 is 0 Å². The van der Waals surface area contributed by atoms with E-state index in [-0.39, 0.29) is 0 Å². The SMILES string of the molecule is CCCCCCCOc1ccc(Br)cc1CNC(C)C. The van der Waals surface area contributed by atoms with Crippen LogP contribution in [0, 0.1) is 0 Å². The minimum absolute atomic E-state index is 0.482. The first-order chi connectivity index (χ1) is 9.63. The van der Waals surface area contributed by atoms with Gasteiger partial charge in [0.15, 0.2) is 0 Å². The maximum Gasteiger partial charge on any atom is 0.123 e. The molecule has 20 heavy (non-hydrogen) atoms. The largest absolute Gasteiger partial charge is 0.493 e. The van der Waals surface area contributed by atoms with Crippen LogP contribution in [-0.2, 0) is 6.54 Å². The zero-order valence-electron chi connectivity index (χ0n) is 13.0. The van der Waals surface area contributed by atoms with Crippen LogP contribution in [0.5, 0.6) is 5.75 Å². The number of benzene rings is 1. The fourth-order valence-electron chi connectivity index (χ4n) is 2.03. The molecule has 2 nitrogen and oxygen atoms in total. The topological polar surface area (TPSA) is 21.3 Å². The lowest BCUT2D eigenvalue weighted by Crippen LogP contribution is -2.22. The average Bonchev–Trinajstić information content (AvgIpc) is 2.42. The summed E-state index contributed by atoms with van der Waals surface area (Å²) in [4.78, 5) is 0. The summed E-state index contributed by atoms with van der Waals surface area (Å²) < 4.78 is 7.05. The van der Waals surface area contributed by atoms with E-state index in [2.05, 4.69) is 54.2 Å². The van der Waals surface area contributed by atoms with Gasteiger partial charge in [-0.1, -0.05) is 62.4 Å². The molecule has 1 rings (SSSR count). The summed E-state index contributed by atoms with van der Waals surface area (Å²) in [7, 11) is 0. The summed E-state index contributed by atoms with van der Waals surface area (Å²) >= 11 is 3.53. The van der Waals surface area contributed by atoms with Gasteiger partial charge in [-0.15, -0.1) is 0 Å². The van der Waals surface area contributed by atoms with Crippen LogP contribution in [-0.4, -0.2) is 12.6 Å². The molecule has 1 aromatic carbocycles. The maximum atomic E-state index is 5.94. The van der Waals surface area contributed by atoms with Gasteiger partial charge in [0.1, 0.15) is 5.75 Å². The van der Waals surface area contributed by atoms with Crippen LogP contribution in [0.15, 0.2) is 22.7 Å². The first-order valence-corrected chi connectivity index (χ1v) is 8.57. The molecule has 0 bridgehead atoms. The first kappa shape index (κ1) is 17.5. The van der Waals surface area contributed by atoms with Crippen LogP contribution >= 0.6 is 15.9 Å². The van der Waals surface area contributed by atoms with Gasteiger partial charge in [-0.3, -0.25) is 0 Å². The van der Waals surface area contributed by atoms with Crippen LogP contribution in [0.25, 0.3) is 0 Å². The lowest BCUT2D eigenvalue weighted by Gasteiger charge is -2.14. The molecule has 0 saturated heterocycles. The molecule has 0 fully saturated rings.